The second-order valence-corrected chi connectivity index (χ2v) is 8.09. The molecule has 4 rings (SSSR count). The highest BCUT2D eigenvalue weighted by Gasteiger charge is 2.24. The number of para-hydroxylation sites is 1. The average molecular weight is 429 g/mol. The number of amides is 1. The number of hydrogen-bond acceptors (Lipinski definition) is 1. The lowest BCUT2D eigenvalue weighted by Crippen LogP contribution is -2.31. The summed E-state index contributed by atoms with van der Waals surface area (Å²) in [5.41, 5.74) is 4.41. The molecule has 0 fully saturated rings. The van der Waals surface area contributed by atoms with Gasteiger partial charge in [-0.15, -0.1) is 0 Å². The zero-order chi connectivity index (χ0) is 22.5. The first-order chi connectivity index (χ1) is 15.6. The third-order valence-electron chi connectivity index (χ3n) is 6.16. The van der Waals surface area contributed by atoms with Gasteiger partial charge in [-0.3, -0.25) is 4.79 Å². The third kappa shape index (κ3) is 4.59. The summed E-state index contributed by atoms with van der Waals surface area (Å²) in [6, 6.07) is 25.2. The minimum atomic E-state index is -0.269. The summed E-state index contributed by atoms with van der Waals surface area (Å²) in [6.07, 6.45) is 2.52. The molecule has 4 aromatic rings. The molecule has 0 aliphatic rings. The van der Waals surface area contributed by atoms with Crippen LogP contribution in [0.25, 0.3) is 10.9 Å². The molecule has 164 valence electrons. The Morgan fingerprint density at radius 2 is 1.56 bits per heavy atom. The number of carbonyl (C=O) groups excluding carboxylic acids is 1. The number of fused-ring (bicyclic) bond motifs is 1. The second-order valence-electron chi connectivity index (χ2n) is 8.09. The molecule has 1 aromatic heterocycles. The van der Waals surface area contributed by atoms with E-state index in [9.17, 15) is 9.18 Å². The van der Waals surface area contributed by atoms with E-state index >= 15 is 0 Å². The quantitative estimate of drug-likeness (QED) is 0.327. The first kappa shape index (κ1) is 21.8. The lowest BCUT2D eigenvalue weighted by molar-refractivity contribution is -0.131. The van der Waals surface area contributed by atoms with Crippen LogP contribution >= 0.6 is 0 Å². The molecule has 0 spiro atoms. The number of hydrogen-bond donors (Lipinski definition) is 0. The Labute approximate surface area is 189 Å². The van der Waals surface area contributed by atoms with Gasteiger partial charge in [-0.05, 0) is 48.7 Å². The van der Waals surface area contributed by atoms with Gasteiger partial charge in [0, 0.05) is 49.1 Å². The Morgan fingerprint density at radius 1 is 0.906 bits per heavy atom. The monoisotopic (exact) mass is 428 g/mol. The fourth-order valence-corrected chi connectivity index (χ4v) is 4.45. The van der Waals surface area contributed by atoms with Crippen LogP contribution in [-0.4, -0.2) is 28.5 Å². The molecule has 3 nitrogen and oxygen atoms in total. The minimum Gasteiger partial charge on any atom is -0.343 e. The van der Waals surface area contributed by atoms with Crippen molar-refractivity contribution in [2.75, 3.05) is 13.1 Å². The van der Waals surface area contributed by atoms with Gasteiger partial charge in [-0.25, -0.2) is 4.39 Å². The number of aromatic nitrogens is 1. The average Bonchev–Trinajstić information content (AvgIpc) is 3.18. The molecule has 0 saturated heterocycles. The molecule has 4 heteroatoms. The molecule has 1 amide bonds. The SMILES string of the molecule is CCN(CC)C(=O)C[C@@H](c1ccc(F)cc1)c1cn(Cc2ccccc2)c2ccccc12. The van der Waals surface area contributed by atoms with Crippen molar-refractivity contribution in [1.82, 2.24) is 9.47 Å². The highest BCUT2D eigenvalue weighted by molar-refractivity contribution is 5.86. The topological polar surface area (TPSA) is 25.2 Å². The van der Waals surface area contributed by atoms with Crippen LogP contribution in [-0.2, 0) is 11.3 Å². The number of nitrogens with zero attached hydrogens (tertiary/aromatic N) is 2. The molecular formula is C28H29FN2O. The maximum atomic E-state index is 13.7. The number of rotatable bonds is 8. The van der Waals surface area contributed by atoms with Crippen molar-refractivity contribution in [1.29, 1.82) is 0 Å². The number of halogens is 1. The molecule has 1 atom stereocenters. The maximum absolute atomic E-state index is 13.7. The lowest BCUT2D eigenvalue weighted by atomic mass is 9.87. The van der Waals surface area contributed by atoms with Gasteiger partial charge in [0.15, 0.2) is 0 Å². The second kappa shape index (κ2) is 9.82. The Balaban J connectivity index is 1.80. The van der Waals surface area contributed by atoms with Crippen LogP contribution in [0.5, 0.6) is 0 Å². The smallest absolute Gasteiger partial charge is 0.223 e. The van der Waals surface area contributed by atoms with Crippen molar-refractivity contribution in [2.24, 2.45) is 0 Å². The van der Waals surface area contributed by atoms with Gasteiger partial charge in [0.25, 0.3) is 0 Å². The van der Waals surface area contributed by atoms with Gasteiger partial charge >= 0.3 is 0 Å². The summed E-state index contributed by atoms with van der Waals surface area (Å²) in [4.78, 5) is 15.0. The zero-order valence-corrected chi connectivity index (χ0v) is 18.7. The predicted molar refractivity (Wildman–Crippen MR) is 128 cm³/mol. The third-order valence-corrected chi connectivity index (χ3v) is 6.16. The van der Waals surface area contributed by atoms with Crippen LogP contribution in [0.1, 0.15) is 42.9 Å². The largest absolute Gasteiger partial charge is 0.343 e. The van der Waals surface area contributed by atoms with Gasteiger partial charge in [-0.1, -0.05) is 60.7 Å². The molecule has 0 aliphatic heterocycles. The van der Waals surface area contributed by atoms with E-state index in [2.05, 4.69) is 35.0 Å². The molecular weight excluding hydrogens is 399 g/mol. The van der Waals surface area contributed by atoms with E-state index in [4.69, 9.17) is 0 Å². The van der Waals surface area contributed by atoms with Gasteiger partial charge in [0.1, 0.15) is 5.82 Å². The molecule has 1 heterocycles. The Bertz CT molecular complexity index is 1180. The lowest BCUT2D eigenvalue weighted by Gasteiger charge is -2.23. The Morgan fingerprint density at radius 3 is 2.25 bits per heavy atom. The van der Waals surface area contributed by atoms with E-state index in [1.165, 1.54) is 17.7 Å². The molecule has 0 N–H and O–H groups in total. The molecule has 32 heavy (non-hydrogen) atoms. The summed E-state index contributed by atoms with van der Waals surface area (Å²) in [5, 5.41) is 1.13. The van der Waals surface area contributed by atoms with E-state index in [0.717, 1.165) is 28.6 Å². The van der Waals surface area contributed by atoms with Crippen molar-refractivity contribution in [3.05, 3.63) is 108 Å². The van der Waals surface area contributed by atoms with Crippen molar-refractivity contribution in [3.8, 4) is 0 Å². The Hall–Kier alpha value is -3.40. The van der Waals surface area contributed by atoms with E-state index < -0.39 is 0 Å². The van der Waals surface area contributed by atoms with Crippen molar-refractivity contribution >= 4 is 16.8 Å². The highest BCUT2D eigenvalue weighted by Crippen LogP contribution is 2.35. The van der Waals surface area contributed by atoms with Crippen molar-refractivity contribution < 1.29 is 9.18 Å². The molecule has 0 radical (unpaired) electrons. The molecule has 0 aliphatic carbocycles. The molecule has 0 bridgehead atoms. The zero-order valence-electron chi connectivity index (χ0n) is 18.7. The molecule has 3 aromatic carbocycles. The number of carbonyl (C=O) groups is 1. The van der Waals surface area contributed by atoms with Gasteiger partial charge in [0.05, 0.1) is 0 Å². The van der Waals surface area contributed by atoms with Crippen LogP contribution in [0.4, 0.5) is 4.39 Å². The van der Waals surface area contributed by atoms with Crippen LogP contribution in [0.3, 0.4) is 0 Å². The van der Waals surface area contributed by atoms with Gasteiger partial charge < -0.3 is 9.47 Å². The first-order valence-electron chi connectivity index (χ1n) is 11.3. The normalized spacial score (nSPS) is 12.1. The minimum absolute atomic E-state index is 0.115. The number of benzene rings is 3. The summed E-state index contributed by atoms with van der Waals surface area (Å²) in [6.45, 7) is 6.12. The van der Waals surface area contributed by atoms with E-state index in [0.29, 0.717) is 19.5 Å². The fraction of sp³-hybridized carbons (Fsp3) is 0.250. The summed E-state index contributed by atoms with van der Waals surface area (Å²) >= 11 is 0. The van der Waals surface area contributed by atoms with Gasteiger partial charge in [0.2, 0.25) is 5.91 Å². The van der Waals surface area contributed by atoms with Crippen LogP contribution in [0, 0.1) is 5.82 Å². The summed E-state index contributed by atoms with van der Waals surface area (Å²) in [7, 11) is 0. The molecule has 0 saturated carbocycles. The highest BCUT2D eigenvalue weighted by atomic mass is 19.1. The van der Waals surface area contributed by atoms with Crippen molar-refractivity contribution in [3.63, 3.8) is 0 Å². The van der Waals surface area contributed by atoms with E-state index in [1.54, 1.807) is 12.1 Å². The molecule has 0 unspecified atom stereocenters. The van der Waals surface area contributed by atoms with Crippen LogP contribution < -0.4 is 0 Å². The predicted octanol–water partition coefficient (Wildman–Crippen LogP) is 6.22. The van der Waals surface area contributed by atoms with Crippen LogP contribution in [0.15, 0.2) is 85.1 Å². The fourth-order valence-electron chi connectivity index (χ4n) is 4.45. The van der Waals surface area contributed by atoms with Gasteiger partial charge in [-0.2, -0.15) is 0 Å². The Kier molecular flexibility index (Phi) is 6.69. The summed E-state index contributed by atoms with van der Waals surface area (Å²) < 4.78 is 15.9. The van der Waals surface area contributed by atoms with Crippen molar-refractivity contribution in [2.45, 2.75) is 32.7 Å². The van der Waals surface area contributed by atoms with Crippen LogP contribution in [0.2, 0.25) is 0 Å². The van der Waals surface area contributed by atoms with E-state index in [1.807, 2.05) is 49.1 Å². The first-order valence-corrected chi connectivity index (χ1v) is 11.3. The summed E-state index contributed by atoms with van der Waals surface area (Å²) in [5.74, 6) is -0.302. The van der Waals surface area contributed by atoms with E-state index in [-0.39, 0.29) is 17.6 Å². The standard InChI is InChI=1S/C28H29FN2O/c1-3-30(4-2)28(32)18-25(22-14-16-23(29)17-15-22)26-20-31(19-21-10-6-5-7-11-21)27-13-9-8-12-24(26)27/h5-17,20,25H,3-4,18-19H2,1-2H3/t25-/m0/s1. The maximum Gasteiger partial charge on any atom is 0.223 e.